The lowest BCUT2D eigenvalue weighted by molar-refractivity contribution is 0.322. The van der Waals surface area contributed by atoms with Crippen LogP contribution in [0.2, 0.25) is 0 Å². The van der Waals surface area contributed by atoms with E-state index in [1.807, 2.05) is 0 Å². The molecule has 0 atom stereocenters. The number of aryl methyl sites for hydroxylation is 1. The Hall–Kier alpha value is -0.980. The van der Waals surface area contributed by atoms with Crippen LogP contribution in [-0.2, 0) is 5.41 Å². The predicted molar refractivity (Wildman–Crippen MR) is 66.7 cm³/mol. The van der Waals surface area contributed by atoms with Gasteiger partial charge in [0.05, 0.1) is 0 Å². The monoisotopic (exact) mass is 203 g/mol. The summed E-state index contributed by atoms with van der Waals surface area (Å²) in [4.78, 5) is 2.40. The zero-order chi connectivity index (χ0) is 11.4. The molecule has 0 saturated heterocycles. The zero-order valence-corrected chi connectivity index (χ0v) is 10.7. The van der Waals surface area contributed by atoms with Crippen LogP contribution in [0, 0.1) is 6.92 Å². The molecule has 0 amide bonds. The van der Waals surface area contributed by atoms with Crippen molar-refractivity contribution >= 4 is 5.69 Å². The number of nitrogens with zero attached hydrogens (tertiary/aromatic N) is 1. The molecule has 1 heterocycles. The number of hydrogen-bond donors (Lipinski definition) is 0. The zero-order valence-electron chi connectivity index (χ0n) is 10.7. The molecule has 0 spiro atoms. The average molecular weight is 203 g/mol. The molecule has 82 valence electrons. The summed E-state index contributed by atoms with van der Waals surface area (Å²) in [7, 11) is 2.20. The lowest BCUT2D eigenvalue weighted by atomic mass is 9.72. The van der Waals surface area contributed by atoms with Crippen molar-refractivity contribution in [1.82, 2.24) is 0 Å². The van der Waals surface area contributed by atoms with Crippen LogP contribution in [0.4, 0.5) is 5.69 Å². The van der Waals surface area contributed by atoms with Crippen LogP contribution in [0.15, 0.2) is 18.2 Å². The predicted octanol–water partition coefficient (Wildman–Crippen LogP) is 3.50. The third-order valence-corrected chi connectivity index (χ3v) is 4.55. The van der Waals surface area contributed by atoms with Crippen molar-refractivity contribution in [3.8, 4) is 0 Å². The first-order chi connectivity index (χ1) is 6.78. The van der Waals surface area contributed by atoms with Crippen molar-refractivity contribution in [3.63, 3.8) is 0 Å². The van der Waals surface area contributed by atoms with E-state index in [-0.39, 0.29) is 11.0 Å². The van der Waals surface area contributed by atoms with E-state index in [1.54, 1.807) is 0 Å². The Labute approximate surface area is 93.1 Å². The molecule has 0 aliphatic carbocycles. The van der Waals surface area contributed by atoms with Gasteiger partial charge in [0.1, 0.15) is 0 Å². The molecular weight excluding hydrogens is 182 g/mol. The van der Waals surface area contributed by atoms with E-state index in [0.29, 0.717) is 0 Å². The Morgan fingerprint density at radius 3 is 2.27 bits per heavy atom. The Morgan fingerprint density at radius 2 is 1.67 bits per heavy atom. The minimum absolute atomic E-state index is 0.184. The highest BCUT2D eigenvalue weighted by molar-refractivity contribution is 5.66. The van der Waals surface area contributed by atoms with Crippen LogP contribution in [0.3, 0.4) is 0 Å². The van der Waals surface area contributed by atoms with Crippen molar-refractivity contribution in [2.24, 2.45) is 0 Å². The summed E-state index contributed by atoms with van der Waals surface area (Å²) < 4.78 is 0. The van der Waals surface area contributed by atoms with Gasteiger partial charge in [0.25, 0.3) is 0 Å². The highest BCUT2D eigenvalue weighted by Crippen LogP contribution is 2.50. The topological polar surface area (TPSA) is 3.24 Å². The van der Waals surface area contributed by atoms with E-state index < -0.39 is 0 Å². The molecule has 0 aromatic heterocycles. The van der Waals surface area contributed by atoms with Crippen LogP contribution < -0.4 is 4.90 Å². The lowest BCUT2D eigenvalue weighted by Crippen LogP contribution is -2.49. The van der Waals surface area contributed by atoms with Crippen LogP contribution >= 0.6 is 0 Å². The Bertz CT molecular complexity index is 402. The molecule has 0 bridgehead atoms. The van der Waals surface area contributed by atoms with Gasteiger partial charge < -0.3 is 4.90 Å². The van der Waals surface area contributed by atoms with E-state index >= 15 is 0 Å². The summed E-state index contributed by atoms with van der Waals surface area (Å²) in [6, 6.07) is 6.79. The van der Waals surface area contributed by atoms with Crippen molar-refractivity contribution in [2.75, 3.05) is 11.9 Å². The Balaban J connectivity index is 2.69. The molecule has 0 N–H and O–H groups in total. The number of anilines is 1. The minimum Gasteiger partial charge on any atom is -0.368 e. The molecule has 1 heteroatoms. The van der Waals surface area contributed by atoms with E-state index in [0.717, 1.165) is 0 Å². The first kappa shape index (κ1) is 10.5. The van der Waals surface area contributed by atoms with E-state index in [2.05, 4.69) is 64.8 Å². The maximum Gasteiger partial charge on any atom is 0.0434 e. The van der Waals surface area contributed by atoms with E-state index in [9.17, 15) is 0 Å². The van der Waals surface area contributed by atoms with Gasteiger partial charge in [0.15, 0.2) is 0 Å². The Kier molecular flexibility index (Phi) is 1.95. The number of fused-ring (bicyclic) bond motifs is 1. The summed E-state index contributed by atoms with van der Waals surface area (Å²) in [6.45, 7) is 11.5. The van der Waals surface area contributed by atoms with Gasteiger partial charge >= 0.3 is 0 Å². The highest BCUT2D eigenvalue weighted by Gasteiger charge is 2.48. The van der Waals surface area contributed by atoms with Crippen LogP contribution in [0.5, 0.6) is 0 Å². The molecule has 1 aromatic rings. The number of likely N-dealkylation sites (N-methyl/N-ethyl adjacent to an activating group) is 1. The Morgan fingerprint density at radius 1 is 1.07 bits per heavy atom. The van der Waals surface area contributed by atoms with Gasteiger partial charge in [-0.3, -0.25) is 0 Å². The van der Waals surface area contributed by atoms with Crippen molar-refractivity contribution in [3.05, 3.63) is 29.3 Å². The molecule has 1 aromatic carbocycles. The van der Waals surface area contributed by atoms with E-state index in [4.69, 9.17) is 0 Å². The van der Waals surface area contributed by atoms with Crippen LogP contribution in [-0.4, -0.2) is 12.6 Å². The fourth-order valence-corrected chi connectivity index (χ4v) is 2.49. The number of rotatable bonds is 0. The summed E-state index contributed by atoms with van der Waals surface area (Å²) in [5.41, 5.74) is 4.62. The molecule has 1 nitrogen and oxygen atoms in total. The molecule has 1 aliphatic heterocycles. The quantitative estimate of drug-likeness (QED) is 0.624. The number of hydrogen-bond acceptors (Lipinski definition) is 1. The minimum atomic E-state index is 0.184. The van der Waals surface area contributed by atoms with Crippen molar-refractivity contribution in [2.45, 2.75) is 45.6 Å². The van der Waals surface area contributed by atoms with Gasteiger partial charge in [-0.2, -0.15) is 0 Å². The van der Waals surface area contributed by atoms with Gasteiger partial charge in [-0.1, -0.05) is 31.5 Å². The van der Waals surface area contributed by atoms with Gasteiger partial charge in [-0.25, -0.2) is 0 Å². The average Bonchev–Trinajstić information content (AvgIpc) is 2.27. The van der Waals surface area contributed by atoms with E-state index in [1.165, 1.54) is 16.8 Å². The third kappa shape index (κ3) is 1.15. The maximum absolute atomic E-state index is 2.40. The summed E-state index contributed by atoms with van der Waals surface area (Å²) in [6.07, 6.45) is 0. The molecule has 0 saturated carbocycles. The van der Waals surface area contributed by atoms with Crippen molar-refractivity contribution in [1.29, 1.82) is 0 Å². The van der Waals surface area contributed by atoms with Crippen LogP contribution in [0.25, 0.3) is 0 Å². The number of benzene rings is 1. The smallest absolute Gasteiger partial charge is 0.0434 e. The van der Waals surface area contributed by atoms with Gasteiger partial charge in [-0.05, 0) is 32.4 Å². The van der Waals surface area contributed by atoms with Gasteiger partial charge in [0, 0.05) is 23.7 Å². The summed E-state index contributed by atoms with van der Waals surface area (Å²) in [5, 5.41) is 0. The third-order valence-electron chi connectivity index (χ3n) is 4.55. The van der Waals surface area contributed by atoms with Crippen molar-refractivity contribution < 1.29 is 0 Å². The second kappa shape index (κ2) is 2.78. The fraction of sp³-hybridized carbons (Fsp3) is 0.571. The molecule has 0 unspecified atom stereocenters. The normalized spacial score (nSPS) is 21.6. The fourth-order valence-electron chi connectivity index (χ4n) is 2.49. The molecule has 15 heavy (non-hydrogen) atoms. The second-order valence-corrected chi connectivity index (χ2v) is 5.76. The maximum atomic E-state index is 2.40. The SMILES string of the molecule is Cc1ccc2c(c1)C(C)(C)C(C)(C)N2C. The molecule has 0 radical (unpaired) electrons. The summed E-state index contributed by atoms with van der Waals surface area (Å²) >= 11 is 0. The highest BCUT2D eigenvalue weighted by atomic mass is 15.2. The largest absolute Gasteiger partial charge is 0.368 e. The molecular formula is C14H21N. The second-order valence-electron chi connectivity index (χ2n) is 5.76. The van der Waals surface area contributed by atoms with Gasteiger partial charge in [-0.15, -0.1) is 0 Å². The molecule has 0 fully saturated rings. The van der Waals surface area contributed by atoms with Gasteiger partial charge in [0.2, 0.25) is 0 Å². The standard InChI is InChI=1S/C14H21N/c1-10-7-8-12-11(9-10)13(2,3)14(4,5)15(12)6/h7-9H,1-6H3. The summed E-state index contributed by atoms with van der Waals surface area (Å²) in [5.74, 6) is 0. The first-order valence-electron chi connectivity index (χ1n) is 5.63. The first-order valence-corrected chi connectivity index (χ1v) is 5.63. The lowest BCUT2D eigenvalue weighted by Gasteiger charge is -2.40. The molecule has 2 rings (SSSR count). The molecule has 1 aliphatic rings. The van der Waals surface area contributed by atoms with Crippen LogP contribution in [0.1, 0.15) is 38.8 Å².